The summed E-state index contributed by atoms with van der Waals surface area (Å²) in [5, 5.41) is 11.7. The summed E-state index contributed by atoms with van der Waals surface area (Å²) in [6, 6.07) is 13.6. The van der Waals surface area contributed by atoms with E-state index in [1.807, 2.05) is 49.3 Å². The molecule has 0 fully saturated rings. The van der Waals surface area contributed by atoms with Crippen molar-refractivity contribution in [2.24, 2.45) is 0 Å². The van der Waals surface area contributed by atoms with Crippen molar-refractivity contribution >= 4 is 22.7 Å². The standard InChI is InChI=1S/C29H34N2O6/c1-5-6-16-36-21-12-7-10-19(17-21)25-24(27(33)29(34)31(25)15-9-14-30(2)3)26(32)23-18-20-11-8-13-22(35-4)28(20)37-23/h7-8,10-13,17-18,25,33H,5-6,9,14-16H2,1-4H3. The van der Waals surface area contributed by atoms with Gasteiger partial charge in [-0.05, 0) is 63.3 Å². The zero-order chi connectivity index (χ0) is 26.5. The SMILES string of the molecule is CCCCOc1cccc(C2C(C(=O)c3cc4cccc(OC)c4o3)=C(O)C(=O)N2CCCN(C)C)c1. The number of furan rings is 1. The number of aliphatic hydroxyl groups excluding tert-OH is 1. The fraction of sp³-hybridized carbons (Fsp3) is 0.379. The number of benzene rings is 2. The van der Waals surface area contributed by atoms with Crippen LogP contribution in [-0.2, 0) is 4.79 Å². The maximum absolute atomic E-state index is 13.8. The Morgan fingerprint density at radius 3 is 2.65 bits per heavy atom. The van der Waals surface area contributed by atoms with Gasteiger partial charge in [-0.2, -0.15) is 0 Å². The Labute approximate surface area is 217 Å². The summed E-state index contributed by atoms with van der Waals surface area (Å²) in [6.07, 6.45) is 2.61. The molecule has 0 saturated heterocycles. The van der Waals surface area contributed by atoms with Crippen molar-refractivity contribution in [3.05, 3.63) is 71.2 Å². The van der Waals surface area contributed by atoms with Gasteiger partial charge in [-0.25, -0.2) is 0 Å². The first-order valence-corrected chi connectivity index (χ1v) is 12.6. The minimum atomic E-state index is -0.771. The van der Waals surface area contributed by atoms with Gasteiger partial charge in [-0.15, -0.1) is 0 Å². The molecular formula is C29H34N2O6. The van der Waals surface area contributed by atoms with Crippen LogP contribution < -0.4 is 9.47 Å². The number of rotatable bonds is 12. The Kier molecular flexibility index (Phi) is 8.18. The number of methoxy groups -OCH3 is 1. The molecule has 0 spiro atoms. The third-order valence-corrected chi connectivity index (χ3v) is 6.44. The number of carbonyl (C=O) groups is 2. The second-order valence-corrected chi connectivity index (χ2v) is 9.41. The molecule has 1 unspecified atom stereocenters. The van der Waals surface area contributed by atoms with E-state index in [0.29, 0.717) is 47.6 Å². The van der Waals surface area contributed by atoms with Gasteiger partial charge < -0.3 is 28.8 Å². The van der Waals surface area contributed by atoms with Crippen molar-refractivity contribution in [3.63, 3.8) is 0 Å². The van der Waals surface area contributed by atoms with E-state index in [1.54, 1.807) is 23.1 Å². The number of para-hydroxylation sites is 1. The van der Waals surface area contributed by atoms with Crippen LogP contribution in [0.4, 0.5) is 0 Å². The van der Waals surface area contributed by atoms with E-state index in [1.165, 1.54) is 7.11 Å². The molecule has 8 heteroatoms. The summed E-state index contributed by atoms with van der Waals surface area (Å²) >= 11 is 0. The predicted octanol–water partition coefficient (Wildman–Crippen LogP) is 5.15. The lowest BCUT2D eigenvalue weighted by Crippen LogP contribution is -2.33. The Morgan fingerprint density at radius 2 is 1.92 bits per heavy atom. The van der Waals surface area contributed by atoms with Gasteiger partial charge in [0, 0.05) is 11.9 Å². The third-order valence-electron chi connectivity index (χ3n) is 6.44. The molecule has 0 radical (unpaired) electrons. The van der Waals surface area contributed by atoms with Crippen LogP contribution in [0, 0.1) is 0 Å². The number of ether oxygens (including phenoxy) is 2. The number of unbranched alkanes of at least 4 members (excludes halogenated alkanes) is 1. The highest BCUT2D eigenvalue weighted by molar-refractivity contribution is 6.16. The van der Waals surface area contributed by atoms with Crippen LogP contribution in [0.1, 0.15) is 48.3 Å². The van der Waals surface area contributed by atoms with Crippen LogP contribution >= 0.6 is 0 Å². The molecule has 1 aromatic heterocycles. The molecule has 37 heavy (non-hydrogen) atoms. The van der Waals surface area contributed by atoms with Crippen molar-refractivity contribution in [1.82, 2.24) is 9.80 Å². The highest BCUT2D eigenvalue weighted by Crippen LogP contribution is 2.41. The molecule has 8 nitrogen and oxygen atoms in total. The largest absolute Gasteiger partial charge is 0.503 e. The van der Waals surface area contributed by atoms with Gasteiger partial charge in [0.2, 0.25) is 5.78 Å². The predicted molar refractivity (Wildman–Crippen MR) is 141 cm³/mol. The second-order valence-electron chi connectivity index (χ2n) is 9.41. The van der Waals surface area contributed by atoms with Crippen LogP contribution in [0.25, 0.3) is 11.0 Å². The van der Waals surface area contributed by atoms with Crippen molar-refractivity contribution in [1.29, 1.82) is 0 Å². The fourth-order valence-electron chi connectivity index (χ4n) is 4.57. The molecular weight excluding hydrogens is 472 g/mol. The topological polar surface area (TPSA) is 92.4 Å². The molecule has 3 aromatic rings. The number of amides is 1. The molecule has 0 saturated carbocycles. The first-order valence-electron chi connectivity index (χ1n) is 12.6. The van der Waals surface area contributed by atoms with E-state index in [0.717, 1.165) is 19.4 Å². The number of fused-ring (bicyclic) bond motifs is 1. The fourth-order valence-corrected chi connectivity index (χ4v) is 4.57. The van der Waals surface area contributed by atoms with Crippen molar-refractivity contribution in [3.8, 4) is 11.5 Å². The summed E-state index contributed by atoms with van der Waals surface area (Å²) in [5.74, 6) is -0.483. The van der Waals surface area contributed by atoms with Gasteiger partial charge in [0.15, 0.2) is 22.9 Å². The minimum absolute atomic E-state index is 0.00131. The second kappa shape index (κ2) is 11.5. The Balaban J connectivity index is 1.74. The molecule has 4 rings (SSSR count). The Bertz CT molecular complexity index is 1310. The minimum Gasteiger partial charge on any atom is -0.503 e. The number of aliphatic hydroxyl groups is 1. The van der Waals surface area contributed by atoms with Gasteiger partial charge in [-0.3, -0.25) is 9.59 Å². The maximum Gasteiger partial charge on any atom is 0.290 e. The highest BCUT2D eigenvalue weighted by Gasteiger charge is 2.44. The lowest BCUT2D eigenvalue weighted by molar-refractivity contribution is -0.129. The highest BCUT2D eigenvalue weighted by atomic mass is 16.5. The van der Waals surface area contributed by atoms with E-state index in [9.17, 15) is 14.7 Å². The molecule has 1 N–H and O–H groups in total. The summed E-state index contributed by atoms with van der Waals surface area (Å²) in [7, 11) is 5.45. The molecule has 1 amide bonds. The van der Waals surface area contributed by atoms with Gasteiger partial charge in [0.25, 0.3) is 5.91 Å². The van der Waals surface area contributed by atoms with Crippen molar-refractivity contribution in [2.75, 3.05) is 40.9 Å². The van der Waals surface area contributed by atoms with Crippen LogP contribution in [-0.4, -0.2) is 67.5 Å². The molecule has 0 bridgehead atoms. The number of ketones is 1. The van der Waals surface area contributed by atoms with Crippen LogP contribution in [0.3, 0.4) is 0 Å². The van der Waals surface area contributed by atoms with Crippen LogP contribution in [0.5, 0.6) is 11.5 Å². The first-order chi connectivity index (χ1) is 17.8. The normalized spacial score (nSPS) is 15.8. The third kappa shape index (κ3) is 5.49. The smallest absolute Gasteiger partial charge is 0.290 e. The lowest BCUT2D eigenvalue weighted by atomic mass is 9.94. The molecule has 196 valence electrons. The number of Topliss-reactive ketones (excluding diaryl/α,β-unsaturated/α-hetero) is 1. The number of hydrogen-bond acceptors (Lipinski definition) is 7. The first kappa shape index (κ1) is 26.3. The summed E-state index contributed by atoms with van der Waals surface area (Å²) in [6.45, 7) is 3.79. The number of hydrogen-bond donors (Lipinski definition) is 1. The van der Waals surface area contributed by atoms with Crippen LogP contribution in [0.15, 0.2) is 64.3 Å². The van der Waals surface area contributed by atoms with E-state index in [-0.39, 0.29) is 11.3 Å². The van der Waals surface area contributed by atoms with Gasteiger partial charge in [0.05, 0.1) is 25.3 Å². The van der Waals surface area contributed by atoms with Crippen molar-refractivity contribution in [2.45, 2.75) is 32.2 Å². The van der Waals surface area contributed by atoms with E-state index < -0.39 is 23.5 Å². The monoisotopic (exact) mass is 506 g/mol. The molecule has 1 aliphatic rings. The van der Waals surface area contributed by atoms with E-state index >= 15 is 0 Å². The Morgan fingerprint density at radius 1 is 1.14 bits per heavy atom. The van der Waals surface area contributed by atoms with Gasteiger partial charge in [0.1, 0.15) is 5.75 Å². The molecule has 1 atom stereocenters. The molecule has 1 aliphatic heterocycles. The van der Waals surface area contributed by atoms with Gasteiger partial charge >= 0.3 is 0 Å². The quantitative estimate of drug-likeness (QED) is 0.268. The maximum atomic E-state index is 13.8. The molecule has 2 heterocycles. The summed E-state index contributed by atoms with van der Waals surface area (Å²) in [4.78, 5) is 30.6. The zero-order valence-corrected chi connectivity index (χ0v) is 21.8. The summed E-state index contributed by atoms with van der Waals surface area (Å²) < 4.78 is 17.1. The van der Waals surface area contributed by atoms with E-state index in [2.05, 4.69) is 6.92 Å². The average molecular weight is 507 g/mol. The average Bonchev–Trinajstić information content (AvgIpc) is 3.43. The van der Waals surface area contributed by atoms with Crippen molar-refractivity contribution < 1.29 is 28.6 Å². The summed E-state index contributed by atoms with van der Waals surface area (Å²) in [5.41, 5.74) is 1.12. The molecule has 0 aliphatic carbocycles. The number of carbonyl (C=O) groups excluding carboxylic acids is 2. The van der Waals surface area contributed by atoms with Gasteiger partial charge in [-0.1, -0.05) is 37.6 Å². The lowest BCUT2D eigenvalue weighted by Gasteiger charge is -2.27. The van der Waals surface area contributed by atoms with E-state index in [4.69, 9.17) is 13.9 Å². The van der Waals surface area contributed by atoms with Crippen LogP contribution in [0.2, 0.25) is 0 Å². The molecule has 2 aromatic carbocycles. The number of nitrogens with zero attached hydrogens (tertiary/aromatic N) is 2. The zero-order valence-electron chi connectivity index (χ0n) is 21.8. The Hall–Kier alpha value is -3.78.